The van der Waals surface area contributed by atoms with E-state index in [1.807, 2.05) is 0 Å². The van der Waals surface area contributed by atoms with Crippen LogP contribution in [-0.2, 0) is 35.2 Å². The molecule has 4 aliphatic carbocycles. The summed E-state index contributed by atoms with van der Waals surface area (Å²) in [5.74, 6) is 0. The van der Waals surface area contributed by atoms with Crippen LogP contribution < -0.4 is 0 Å². The van der Waals surface area contributed by atoms with Crippen LogP contribution in [0.1, 0.15) is 34.1 Å². The van der Waals surface area contributed by atoms with Gasteiger partial charge < -0.3 is 9.47 Å². The molecule has 1 saturated heterocycles. The van der Waals surface area contributed by atoms with Gasteiger partial charge in [-0.05, 0) is 47.9 Å². The highest BCUT2D eigenvalue weighted by Crippen LogP contribution is 2.36. The highest BCUT2D eigenvalue weighted by atomic mass is 79.9. The Morgan fingerprint density at radius 2 is 1.27 bits per heavy atom. The minimum atomic E-state index is -0.215. The maximum atomic E-state index is 5.78. The van der Waals surface area contributed by atoms with Gasteiger partial charge in [-0.3, -0.25) is 0 Å². The first-order chi connectivity index (χ1) is 10.8. The van der Waals surface area contributed by atoms with Crippen LogP contribution in [0.25, 0.3) is 0 Å². The third-order valence-electron chi connectivity index (χ3n) is 4.60. The molecule has 0 spiro atoms. The van der Waals surface area contributed by atoms with Crippen molar-refractivity contribution < 1.29 is 9.47 Å². The lowest BCUT2D eigenvalue weighted by atomic mass is 9.93. The summed E-state index contributed by atoms with van der Waals surface area (Å²) in [5, 5.41) is 0. The lowest BCUT2D eigenvalue weighted by Gasteiger charge is -2.20. The smallest absolute Gasteiger partial charge is 0.185 e. The number of benzene rings is 2. The SMILES string of the molecule is Brc1c2ccc(c1C1OCCO1)CCc1ccc(cc1)CC2. The predicted molar refractivity (Wildman–Crippen MR) is 90.0 cm³/mol. The van der Waals surface area contributed by atoms with Gasteiger partial charge >= 0.3 is 0 Å². The third kappa shape index (κ3) is 2.73. The van der Waals surface area contributed by atoms with Crippen molar-refractivity contribution in [2.75, 3.05) is 13.2 Å². The average molecular weight is 359 g/mol. The molecular weight excluding hydrogens is 340 g/mol. The molecule has 0 amide bonds. The van der Waals surface area contributed by atoms with Crippen LogP contribution >= 0.6 is 15.9 Å². The minimum Gasteiger partial charge on any atom is -0.346 e. The summed E-state index contributed by atoms with van der Waals surface area (Å²) in [6.07, 6.45) is 3.93. The first kappa shape index (κ1) is 14.4. The minimum absolute atomic E-state index is 0.215. The Bertz CT molecular complexity index is 673. The van der Waals surface area contributed by atoms with Crippen LogP contribution in [0.15, 0.2) is 40.9 Å². The molecule has 5 aliphatic rings. The maximum Gasteiger partial charge on any atom is 0.185 e. The van der Waals surface area contributed by atoms with Crippen LogP contribution in [0.5, 0.6) is 0 Å². The zero-order chi connectivity index (χ0) is 14.9. The van der Waals surface area contributed by atoms with Crippen molar-refractivity contribution in [1.29, 1.82) is 0 Å². The van der Waals surface area contributed by atoms with E-state index >= 15 is 0 Å². The van der Waals surface area contributed by atoms with Gasteiger partial charge in [-0.1, -0.05) is 52.3 Å². The van der Waals surface area contributed by atoms with E-state index in [1.54, 1.807) is 0 Å². The topological polar surface area (TPSA) is 18.5 Å². The fourth-order valence-corrected chi connectivity index (χ4v) is 4.07. The summed E-state index contributed by atoms with van der Waals surface area (Å²) in [6, 6.07) is 13.6. The van der Waals surface area contributed by atoms with Crippen LogP contribution in [0.2, 0.25) is 0 Å². The third-order valence-corrected chi connectivity index (χ3v) is 5.53. The molecule has 0 aromatic heterocycles. The molecule has 0 N–H and O–H groups in total. The Morgan fingerprint density at radius 3 is 1.91 bits per heavy atom. The Morgan fingerprint density at radius 1 is 0.727 bits per heavy atom. The summed E-state index contributed by atoms with van der Waals surface area (Å²) in [4.78, 5) is 0. The molecule has 0 atom stereocenters. The molecule has 0 saturated carbocycles. The molecule has 1 heterocycles. The van der Waals surface area contributed by atoms with Crippen molar-refractivity contribution in [3.63, 3.8) is 0 Å². The normalized spacial score (nSPS) is 18.4. The Hall–Kier alpha value is -1.16. The van der Waals surface area contributed by atoms with E-state index in [1.165, 1.54) is 32.3 Å². The zero-order valence-electron chi connectivity index (χ0n) is 12.5. The Kier molecular flexibility index (Phi) is 4.03. The largest absolute Gasteiger partial charge is 0.346 e. The summed E-state index contributed by atoms with van der Waals surface area (Å²) in [7, 11) is 0. The molecule has 2 nitrogen and oxygen atoms in total. The van der Waals surface area contributed by atoms with Gasteiger partial charge in [-0.25, -0.2) is 0 Å². The van der Waals surface area contributed by atoms with Crippen LogP contribution in [0, 0.1) is 0 Å². The fourth-order valence-electron chi connectivity index (χ4n) is 3.30. The van der Waals surface area contributed by atoms with Gasteiger partial charge in [0.1, 0.15) is 0 Å². The van der Waals surface area contributed by atoms with Gasteiger partial charge in [0.05, 0.1) is 13.2 Å². The first-order valence-corrected chi connectivity index (χ1v) is 8.72. The lowest BCUT2D eigenvalue weighted by Crippen LogP contribution is -2.08. The van der Waals surface area contributed by atoms with E-state index < -0.39 is 0 Å². The Balaban J connectivity index is 1.77. The number of hydrogen-bond donors (Lipinski definition) is 0. The molecule has 1 fully saturated rings. The van der Waals surface area contributed by atoms with Gasteiger partial charge in [0.25, 0.3) is 0 Å². The molecule has 2 aromatic carbocycles. The van der Waals surface area contributed by atoms with E-state index in [2.05, 4.69) is 52.3 Å². The quantitative estimate of drug-likeness (QED) is 0.753. The molecule has 22 heavy (non-hydrogen) atoms. The molecule has 3 heteroatoms. The van der Waals surface area contributed by atoms with Crippen molar-refractivity contribution in [2.24, 2.45) is 0 Å². The molecular formula is C19H19BrO2. The van der Waals surface area contributed by atoms with Crippen LogP contribution in [0.4, 0.5) is 0 Å². The molecule has 0 radical (unpaired) electrons. The van der Waals surface area contributed by atoms with Crippen LogP contribution in [-0.4, -0.2) is 13.2 Å². The fraction of sp³-hybridized carbons (Fsp3) is 0.368. The average Bonchev–Trinajstić information content (AvgIpc) is 3.05. The summed E-state index contributed by atoms with van der Waals surface area (Å²) < 4.78 is 12.7. The highest BCUT2D eigenvalue weighted by molar-refractivity contribution is 9.10. The first-order valence-electron chi connectivity index (χ1n) is 7.92. The van der Waals surface area contributed by atoms with Crippen molar-refractivity contribution in [1.82, 2.24) is 0 Å². The molecule has 1 aliphatic heterocycles. The van der Waals surface area contributed by atoms with Crippen molar-refractivity contribution in [2.45, 2.75) is 32.0 Å². The van der Waals surface area contributed by atoms with Gasteiger partial charge in [-0.15, -0.1) is 0 Å². The van der Waals surface area contributed by atoms with Crippen molar-refractivity contribution in [3.05, 3.63) is 68.7 Å². The maximum absolute atomic E-state index is 5.78. The molecule has 114 valence electrons. The van der Waals surface area contributed by atoms with E-state index in [9.17, 15) is 0 Å². The van der Waals surface area contributed by atoms with E-state index in [0.717, 1.165) is 25.7 Å². The Labute approximate surface area is 139 Å². The number of hydrogen-bond acceptors (Lipinski definition) is 2. The van der Waals surface area contributed by atoms with Gasteiger partial charge in [0.15, 0.2) is 6.29 Å². The van der Waals surface area contributed by atoms with Crippen LogP contribution in [0.3, 0.4) is 0 Å². The van der Waals surface area contributed by atoms with Gasteiger partial charge in [-0.2, -0.15) is 0 Å². The summed E-state index contributed by atoms with van der Waals surface area (Å²) >= 11 is 3.82. The second-order valence-electron chi connectivity index (χ2n) is 6.00. The number of halogens is 1. The van der Waals surface area contributed by atoms with Crippen molar-refractivity contribution >= 4 is 15.9 Å². The molecule has 2 aromatic rings. The van der Waals surface area contributed by atoms with Gasteiger partial charge in [0.2, 0.25) is 0 Å². The second-order valence-corrected chi connectivity index (χ2v) is 6.79. The lowest BCUT2D eigenvalue weighted by molar-refractivity contribution is -0.0453. The standard InChI is InChI=1S/C19H19BrO2/c20-18-16-8-6-14-3-1-13(2-4-14)5-7-15(9-10-16)17(18)19-21-11-12-22-19/h1-4,9-10,19H,5-8,11-12H2. The summed E-state index contributed by atoms with van der Waals surface area (Å²) in [6.45, 7) is 1.36. The molecule has 4 bridgehead atoms. The predicted octanol–water partition coefficient (Wildman–Crippen LogP) is 4.38. The monoisotopic (exact) mass is 358 g/mol. The zero-order valence-corrected chi connectivity index (χ0v) is 14.1. The second kappa shape index (κ2) is 6.15. The van der Waals surface area contributed by atoms with E-state index in [-0.39, 0.29) is 6.29 Å². The number of rotatable bonds is 1. The molecule has 7 rings (SSSR count). The number of ether oxygens (including phenoxy) is 2. The highest BCUT2D eigenvalue weighted by Gasteiger charge is 2.25. The van der Waals surface area contributed by atoms with Crippen molar-refractivity contribution in [3.8, 4) is 0 Å². The van der Waals surface area contributed by atoms with E-state index in [0.29, 0.717) is 13.2 Å². The van der Waals surface area contributed by atoms with Gasteiger partial charge in [0, 0.05) is 10.0 Å². The molecule has 0 unspecified atom stereocenters. The summed E-state index contributed by atoms with van der Waals surface area (Å²) in [5.41, 5.74) is 6.65. The van der Waals surface area contributed by atoms with E-state index in [4.69, 9.17) is 9.47 Å². The number of aryl methyl sites for hydroxylation is 4.